The highest BCUT2D eigenvalue weighted by Gasteiger charge is 2.40. The molecule has 2 atom stereocenters. The summed E-state index contributed by atoms with van der Waals surface area (Å²) >= 11 is 6.13. The predicted octanol–water partition coefficient (Wildman–Crippen LogP) is 4.32. The summed E-state index contributed by atoms with van der Waals surface area (Å²) in [5, 5.41) is 0.512. The first kappa shape index (κ1) is 13.4. The second-order valence-corrected chi connectivity index (χ2v) is 6.84. The van der Waals surface area contributed by atoms with Crippen molar-refractivity contribution in [3.8, 4) is 0 Å². The van der Waals surface area contributed by atoms with Crippen molar-refractivity contribution >= 4 is 11.6 Å². The van der Waals surface area contributed by atoms with Gasteiger partial charge in [-0.25, -0.2) is 4.39 Å². The Bertz CT molecular complexity index is 452. The lowest BCUT2D eigenvalue weighted by Crippen LogP contribution is -2.46. The van der Waals surface area contributed by atoms with Crippen molar-refractivity contribution in [1.29, 1.82) is 0 Å². The van der Waals surface area contributed by atoms with Crippen molar-refractivity contribution in [2.45, 2.75) is 50.5 Å². The zero-order chi connectivity index (χ0) is 13.5. The van der Waals surface area contributed by atoms with E-state index in [-0.39, 0.29) is 11.4 Å². The van der Waals surface area contributed by atoms with Crippen molar-refractivity contribution < 1.29 is 4.39 Å². The summed E-state index contributed by atoms with van der Waals surface area (Å²) in [5.74, 6) is 1.43. The van der Waals surface area contributed by atoms with Gasteiger partial charge in [0.05, 0.1) is 0 Å². The van der Waals surface area contributed by atoms with E-state index < -0.39 is 0 Å². The van der Waals surface area contributed by atoms with Gasteiger partial charge in [-0.1, -0.05) is 30.5 Å². The number of rotatable bonds is 3. The van der Waals surface area contributed by atoms with Crippen molar-refractivity contribution in [1.82, 2.24) is 0 Å². The van der Waals surface area contributed by atoms with Gasteiger partial charge in [-0.05, 0) is 56.1 Å². The Morgan fingerprint density at radius 1 is 1.26 bits per heavy atom. The first-order chi connectivity index (χ1) is 9.07. The van der Waals surface area contributed by atoms with Gasteiger partial charge in [0.2, 0.25) is 0 Å². The topological polar surface area (TPSA) is 26.0 Å². The number of hydrogen-bond donors (Lipinski definition) is 1. The Kier molecular flexibility index (Phi) is 3.57. The quantitative estimate of drug-likeness (QED) is 0.877. The molecule has 2 fully saturated rings. The maximum Gasteiger partial charge on any atom is 0.127 e. The Hall–Kier alpha value is -0.600. The maximum absolute atomic E-state index is 13.9. The summed E-state index contributed by atoms with van der Waals surface area (Å²) in [4.78, 5) is 0. The third-order valence-corrected chi connectivity index (χ3v) is 5.15. The molecule has 0 aromatic heterocycles. The molecule has 0 saturated heterocycles. The van der Waals surface area contributed by atoms with Crippen LogP contribution in [0.15, 0.2) is 18.2 Å². The fourth-order valence-electron chi connectivity index (χ4n) is 3.63. The van der Waals surface area contributed by atoms with Gasteiger partial charge in [-0.15, -0.1) is 0 Å². The fraction of sp³-hybridized carbons (Fsp3) is 0.625. The highest BCUT2D eigenvalue weighted by Crippen LogP contribution is 2.46. The highest BCUT2D eigenvalue weighted by atomic mass is 35.5. The number of nitrogens with two attached hydrogens (primary N) is 1. The fourth-order valence-corrected chi connectivity index (χ4v) is 3.86. The SMILES string of the molecule is NC1(Cc2c(F)cccc2Cl)CCCC(C2CC2)C1. The van der Waals surface area contributed by atoms with Crippen LogP contribution in [0.25, 0.3) is 0 Å². The molecule has 2 N–H and O–H groups in total. The van der Waals surface area contributed by atoms with E-state index in [1.54, 1.807) is 12.1 Å². The third-order valence-electron chi connectivity index (χ3n) is 4.80. The van der Waals surface area contributed by atoms with E-state index in [1.807, 2.05) is 0 Å². The van der Waals surface area contributed by atoms with Gasteiger partial charge in [0.15, 0.2) is 0 Å². The molecule has 1 nitrogen and oxygen atoms in total. The zero-order valence-corrected chi connectivity index (χ0v) is 11.9. The minimum absolute atomic E-state index is 0.217. The summed E-state index contributed by atoms with van der Waals surface area (Å²) in [6.07, 6.45) is 7.78. The van der Waals surface area contributed by atoms with E-state index in [4.69, 9.17) is 17.3 Å². The highest BCUT2D eigenvalue weighted by molar-refractivity contribution is 6.31. The van der Waals surface area contributed by atoms with E-state index in [0.717, 1.165) is 24.7 Å². The molecule has 1 aromatic carbocycles. The van der Waals surface area contributed by atoms with Crippen molar-refractivity contribution in [2.24, 2.45) is 17.6 Å². The van der Waals surface area contributed by atoms with Crippen LogP contribution in [0.3, 0.4) is 0 Å². The Labute approximate surface area is 119 Å². The Morgan fingerprint density at radius 3 is 2.74 bits per heavy atom. The predicted molar refractivity (Wildman–Crippen MR) is 76.7 cm³/mol. The smallest absolute Gasteiger partial charge is 0.127 e. The molecule has 0 spiro atoms. The molecule has 3 rings (SSSR count). The van der Waals surface area contributed by atoms with Crippen LogP contribution in [0.5, 0.6) is 0 Å². The molecule has 19 heavy (non-hydrogen) atoms. The molecule has 2 saturated carbocycles. The molecule has 0 aliphatic heterocycles. The van der Waals surface area contributed by atoms with E-state index in [1.165, 1.54) is 31.7 Å². The molecule has 0 amide bonds. The number of benzene rings is 1. The van der Waals surface area contributed by atoms with Crippen molar-refractivity contribution in [3.05, 3.63) is 34.6 Å². The van der Waals surface area contributed by atoms with Crippen LogP contribution in [0.4, 0.5) is 4.39 Å². The van der Waals surface area contributed by atoms with Gasteiger partial charge >= 0.3 is 0 Å². The summed E-state index contributed by atoms with van der Waals surface area (Å²) in [6.45, 7) is 0. The maximum atomic E-state index is 13.9. The lowest BCUT2D eigenvalue weighted by atomic mass is 9.71. The van der Waals surface area contributed by atoms with Gasteiger partial charge in [0.25, 0.3) is 0 Å². The largest absolute Gasteiger partial charge is 0.325 e. The summed E-state index contributed by atoms with van der Waals surface area (Å²) in [6, 6.07) is 4.88. The Morgan fingerprint density at radius 2 is 2.05 bits per heavy atom. The van der Waals surface area contributed by atoms with Gasteiger partial charge in [0, 0.05) is 16.1 Å². The first-order valence-corrected chi connectivity index (χ1v) is 7.67. The van der Waals surface area contributed by atoms with Crippen LogP contribution < -0.4 is 5.73 Å². The second kappa shape index (κ2) is 5.06. The molecular weight excluding hydrogens is 261 g/mol. The average molecular weight is 282 g/mol. The van der Waals surface area contributed by atoms with E-state index in [9.17, 15) is 4.39 Å². The van der Waals surface area contributed by atoms with E-state index in [2.05, 4.69) is 0 Å². The normalized spacial score (nSPS) is 31.4. The number of hydrogen-bond acceptors (Lipinski definition) is 1. The minimum atomic E-state index is -0.267. The van der Waals surface area contributed by atoms with Crippen LogP contribution in [-0.2, 0) is 6.42 Å². The first-order valence-electron chi connectivity index (χ1n) is 7.29. The Balaban J connectivity index is 1.77. The molecule has 0 heterocycles. The van der Waals surface area contributed by atoms with E-state index >= 15 is 0 Å². The molecule has 3 heteroatoms. The summed E-state index contributed by atoms with van der Waals surface area (Å²) in [5.41, 5.74) is 6.89. The number of halogens is 2. The van der Waals surface area contributed by atoms with Crippen LogP contribution in [0.2, 0.25) is 5.02 Å². The van der Waals surface area contributed by atoms with E-state index in [0.29, 0.717) is 17.0 Å². The summed E-state index contributed by atoms with van der Waals surface area (Å²) < 4.78 is 13.9. The van der Waals surface area contributed by atoms with Crippen LogP contribution in [0, 0.1) is 17.7 Å². The lowest BCUT2D eigenvalue weighted by molar-refractivity contribution is 0.203. The molecule has 1 aromatic rings. The molecule has 2 aliphatic carbocycles. The standard InChI is InChI=1S/C16H21ClFN/c17-14-4-1-5-15(18)13(14)10-16(19)8-2-3-12(9-16)11-6-7-11/h1,4-5,11-12H,2-3,6-10,19H2. The van der Waals surface area contributed by atoms with Crippen LogP contribution in [0.1, 0.15) is 44.1 Å². The lowest BCUT2D eigenvalue weighted by Gasteiger charge is -2.38. The van der Waals surface area contributed by atoms with Gasteiger partial charge < -0.3 is 5.73 Å². The average Bonchev–Trinajstić information content (AvgIpc) is 3.18. The molecular formula is C16H21ClFN. The van der Waals surface area contributed by atoms with Crippen LogP contribution >= 0.6 is 11.6 Å². The molecule has 104 valence electrons. The van der Waals surface area contributed by atoms with Gasteiger partial charge in [-0.3, -0.25) is 0 Å². The second-order valence-electron chi connectivity index (χ2n) is 6.43. The molecule has 0 bridgehead atoms. The van der Waals surface area contributed by atoms with Crippen molar-refractivity contribution in [3.63, 3.8) is 0 Å². The van der Waals surface area contributed by atoms with Gasteiger partial charge in [-0.2, -0.15) is 0 Å². The third kappa shape index (κ3) is 2.95. The zero-order valence-electron chi connectivity index (χ0n) is 11.2. The summed E-state index contributed by atoms with van der Waals surface area (Å²) in [7, 11) is 0. The minimum Gasteiger partial charge on any atom is -0.325 e. The van der Waals surface area contributed by atoms with Crippen molar-refractivity contribution in [2.75, 3.05) is 0 Å². The monoisotopic (exact) mass is 281 g/mol. The van der Waals surface area contributed by atoms with Gasteiger partial charge in [0.1, 0.15) is 5.82 Å². The molecule has 2 aliphatic rings. The molecule has 0 radical (unpaired) electrons. The van der Waals surface area contributed by atoms with Crippen LogP contribution in [-0.4, -0.2) is 5.54 Å². The molecule has 2 unspecified atom stereocenters.